The molecule has 0 radical (unpaired) electrons. The molecule has 1 aromatic carbocycles. The first-order valence-electron chi connectivity index (χ1n) is 9.54. The van der Waals surface area contributed by atoms with Crippen molar-refractivity contribution in [1.82, 2.24) is 10.6 Å². The van der Waals surface area contributed by atoms with Crippen LogP contribution in [-0.2, 0) is 4.79 Å². The molecule has 1 saturated carbocycles. The number of benzene rings is 1. The first-order chi connectivity index (χ1) is 13.1. The van der Waals surface area contributed by atoms with Gasteiger partial charge in [-0.1, -0.05) is 37.5 Å². The summed E-state index contributed by atoms with van der Waals surface area (Å²) >= 11 is 0. The lowest BCUT2D eigenvalue weighted by Crippen LogP contribution is -2.37. The number of amides is 2. The number of carbonyl (C=O) groups excluding carboxylic acids is 2. The Morgan fingerprint density at radius 1 is 1.07 bits per heavy atom. The highest BCUT2D eigenvalue weighted by atomic mass is 16.3. The minimum atomic E-state index is -0.321. The molecule has 2 amide bonds. The normalized spacial score (nSPS) is 15.4. The molecular weight excluding hydrogens is 340 g/mol. The highest BCUT2D eigenvalue weighted by Gasteiger charge is 2.18. The summed E-state index contributed by atoms with van der Waals surface area (Å²) in [6, 6.07) is 12.4. The van der Waals surface area contributed by atoms with Crippen LogP contribution in [0.2, 0.25) is 0 Å². The lowest BCUT2D eigenvalue weighted by Gasteiger charge is -2.22. The summed E-state index contributed by atoms with van der Waals surface area (Å²) in [6.07, 6.45) is 7.59. The minimum absolute atomic E-state index is 0.189. The van der Waals surface area contributed by atoms with Gasteiger partial charge in [0.1, 0.15) is 17.2 Å². The van der Waals surface area contributed by atoms with Crippen molar-refractivity contribution < 1.29 is 14.0 Å². The highest BCUT2D eigenvalue weighted by molar-refractivity contribution is 6.05. The number of furan rings is 1. The van der Waals surface area contributed by atoms with Crippen LogP contribution in [0.15, 0.2) is 52.6 Å². The van der Waals surface area contributed by atoms with E-state index in [1.54, 1.807) is 36.4 Å². The maximum atomic E-state index is 12.7. The number of carbonyl (C=O) groups is 2. The van der Waals surface area contributed by atoms with E-state index in [-0.39, 0.29) is 17.5 Å². The summed E-state index contributed by atoms with van der Waals surface area (Å²) in [5, 5.41) is 5.70. The molecule has 5 nitrogen and oxygen atoms in total. The molecule has 1 fully saturated rings. The molecule has 2 aromatic rings. The van der Waals surface area contributed by atoms with Crippen molar-refractivity contribution >= 4 is 17.9 Å². The van der Waals surface area contributed by atoms with Gasteiger partial charge in [-0.15, -0.1) is 0 Å². The fourth-order valence-electron chi connectivity index (χ4n) is 3.34. The molecule has 1 aromatic heterocycles. The number of rotatable bonds is 6. The molecule has 142 valence electrons. The van der Waals surface area contributed by atoms with Crippen molar-refractivity contribution in [2.24, 2.45) is 5.92 Å². The average Bonchev–Trinajstić information content (AvgIpc) is 3.11. The van der Waals surface area contributed by atoms with Gasteiger partial charge < -0.3 is 15.1 Å². The van der Waals surface area contributed by atoms with Gasteiger partial charge in [-0.3, -0.25) is 9.59 Å². The van der Waals surface area contributed by atoms with Crippen LogP contribution in [0.5, 0.6) is 0 Å². The third-order valence-electron chi connectivity index (χ3n) is 4.85. The van der Waals surface area contributed by atoms with Crippen LogP contribution in [0.1, 0.15) is 54.0 Å². The zero-order chi connectivity index (χ0) is 19.1. The van der Waals surface area contributed by atoms with Crippen molar-refractivity contribution in [2.45, 2.75) is 39.0 Å². The number of aryl methyl sites for hydroxylation is 1. The largest absolute Gasteiger partial charge is 0.462 e. The summed E-state index contributed by atoms with van der Waals surface area (Å²) in [5.74, 6) is 1.18. The minimum Gasteiger partial charge on any atom is -0.462 e. The Kier molecular flexibility index (Phi) is 6.47. The predicted octanol–water partition coefficient (Wildman–Crippen LogP) is 4.06. The molecule has 27 heavy (non-hydrogen) atoms. The van der Waals surface area contributed by atoms with E-state index in [9.17, 15) is 9.59 Å². The summed E-state index contributed by atoms with van der Waals surface area (Å²) in [7, 11) is 0. The van der Waals surface area contributed by atoms with Crippen molar-refractivity contribution in [3.63, 3.8) is 0 Å². The fourth-order valence-corrected chi connectivity index (χ4v) is 3.34. The van der Waals surface area contributed by atoms with Gasteiger partial charge in [0, 0.05) is 18.2 Å². The van der Waals surface area contributed by atoms with Crippen LogP contribution in [0.3, 0.4) is 0 Å². The SMILES string of the molecule is Cc1ccc(/C=C(/NC(=O)c2ccccc2)C(=O)NCC2CCCCC2)o1. The van der Waals surface area contributed by atoms with E-state index in [0.29, 0.717) is 23.8 Å². The zero-order valence-corrected chi connectivity index (χ0v) is 15.7. The zero-order valence-electron chi connectivity index (χ0n) is 15.7. The smallest absolute Gasteiger partial charge is 0.267 e. The molecule has 2 N–H and O–H groups in total. The van der Waals surface area contributed by atoms with Gasteiger partial charge in [0.15, 0.2) is 0 Å². The number of nitrogens with one attached hydrogen (secondary N) is 2. The topological polar surface area (TPSA) is 71.3 Å². The predicted molar refractivity (Wildman–Crippen MR) is 105 cm³/mol. The maximum Gasteiger partial charge on any atom is 0.267 e. The van der Waals surface area contributed by atoms with Crippen molar-refractivity contribution in [3.8, 4) is 0 Å². The van der Waals surface area contributed by atoms with Crippen LogP contribution in [0.25, 0.3) is 6.08 Å². The Bertz CT molecular complexity index is 802. The van der Waals surface area contributed by atoms with E-state index in [4.69, 9.17) is 4.42 Å². The van der Waals surface area contributed by atoms with Gasteiger partial charge in [0.05, 0.1) is 0 Å². The molecule has 0 saturated heterocycles. The molecule has 3 rings (SSSR count). The van der Waals surface area contributed by atoms with Gasteiger partial charge in [-0.2, -0.15) is 0 Å². The monoisotopic (exact) mass is 366 g/mol. The maximum absolute atomic E-state index is 12.7. The van der Waals surface area contributed by atoms with Crippen LogP contribution in [0, 0.1) is 12.8 Å². The van der Waals surface area contributed by atoms with E-state index in [0.717, 1.165) is 18.6 Å². The standard InChI is InChI=1S/C22H26N2O3/c1-16-12-13-19(27-16)14-20(24-21(25)18-10-6-3-7-11-18)22(26)23-15-17-8-4-2-5-9-17/h3,6-7,10-14,17H,2,4-5,8-9,15H2,1H3,(H,23,26)(H,24,25)/b20-14+. The van der Waals surface area contributed by atoms with E-state index in [1.165, 1.54) is 19.3 Å². The van der Waals surface area contributed by atoms with Crippen molar-refractivity contribution in [3.05, 3.63) is 65.2 Å². The van der Waals surface area contributed by atoms with Gasteiger partial charge in [0.25, 0.3) is 11.8 Å². The van der Waals surface area contributed by atoms with Crippen LogP contribution < -0.4 is 10.6 Å². The summed E-state index contributed by atoms with van der Waals surface area (Å²) < 4.78 is 5.54. The van der Waals surface area contributed by atoms with Gasteiger partial charge in [0.2, 0.25) is 0 Å². The van der Waals surface area contributed by atoms with Crippen molar-refractivity contribution in [2.75, 3.05) is 6.54 Å². The van der Waals surface area contributed by atoms with E-state index in [1.807, 2.05) is 19.1 Å². The molecule has 1 aliphatic rings. The number of hydrogen-bond acceptors (Lipinski definition) is 3. The quantitative estimate of drug-likeness (QED) is 0.758. The first kappa shape index (κ1) is 19.0. The van der Waals surface area contributed by atoms with E-state index in [2.05, 4.69) is 10.6 Å². The Morgan fingerprint density at radius 2 is 1.81 bits per heavy atom. The lowest BCUT2D eigenvalue weighted by molar-refractivity contribution is -0.118. The van der Waals surface area contributed by atoms with Crippen LogP contribution >= 0.6 is 0 Å². The molecular formula is C22H26N2O3. The Hall–Kier alpha value is -2.82. The third-order valence-corrected chi connectivity index (χ3v) is 4.85. The Balaban J connectivity index is 1.71. The van der Waals surface area contributed by atoms with E-state index < -0.39 is 0 Å². The van der Waals surface area contributed by atoms with Crippen LogP contribution in [0.4, 0.5) is 0 Å². The fraction of sp³-hybridized carbons (Fsp3) is 0.364. The molecule has 0 aliphatic heterocycles. The Morgan fingerprint density at radius 3 is 2.48 bits per heavy atom. The number of hydrogen-bond donors (Lipinski definition) is 2. The van der Waals surface area contributed by atoms with E-state index >= 15 is 0 Å². The molecule has 0 unspecified atom stereocenters. The lowest BCUT2D eigenvalue weighted by atomic mass is 9.89. The Labute approximate surface area is 159 Å². The third kappa shape index (κ3) is 5.58. The van der Waals surface area contributed by atoms with Gasteiger partial charge >= 0.3 is 0 Å². The first-order valence-corrected chi connectivity index (χ1v) is 9.54. The average molecular weight is 366 g/mol. The molecule has 1 aliphatic carbocycles. The molecule has 0 bridgehead atoms. The molecule has 0 atom stereocenters. The molecule has 1 heterocycles. The van der Waals surface area contributed by atoms with Crippen molar-refractivity contribution in [1.29, 1.82) is 0 Å². The second kappa shape index (κ2) is 9.21. The second-order valence-electron chi connectivity index (χ2n) is 7.04. The summed E-state index contributed by atoms with van der Waals surface area (Å²) in [6.45, 7) is 2.47. The van der Waals surface area contributed by atoms with Gasteiger partial charge in [-0.25, -0.2) is 0 Å². The molecule has 5 heteroatoms. The second-order valence-corrected chi connectivity index (χ2v) is 7.04. The molecule has 0 spiro atoms. The van der Waals surface area contributed by atoms with Gasteiger partial charge in [-0.05, 0) is 49.9 Å². The highest BCUT2D eigenvalue weighted by Crippen LogP contribution is 2.22. The van der Waals surface area contributed by atoms with Crippen LogP contribution in [-0.4, -0.2) is 18.4 Å². The summed E-state index contributed by atoms with van der Waals surface area (Å²) in [5.41, 5.74) is 0.688. The summed E-state index contributed by atoms with van der Waals surface area (Å²) in [4.78, 5) is 25.2.